The second-order valence-electron chi connectivity index (χ2n) is 5.45. The molecule has 0 saturated carbocycles. The lowest BCUT2D eigenvalue weighted by atomic mass is 9.97. The van der Waals surface area contributed by atoms with Gasteiger partial charge in [0.2, 0.25) is 0 Å². The molecule has 0 saturated heterocycles. The van der Waals surface area contributed by atoms with Gasteiger partial charge in [-0.3, -0.25) is 4.79 Å². The Bertz CT molecular complexity index is 860. The fraction of sp³-hybridized carbons (Fsp3) is 0.167. The molecule has 24 heavy (non-hydrogen) atoms. The maximum Gasteiger partial charge on any atom is 0.509 e. The first kappa shape index (κ1) is 16.4. The molecule has 1 aromatic heterocycles. The highest BCUT2D eigenvalue weighted by atomic mass is 31.1. The zero-order valence-electron chi connectivity index (χ0n) is 12.9. The minimum absolute atomic E-state index is 0.0538. The van der Waals surface area contributed by atoms with E-state index in [0.29, 0.717) is 5.56 Å². The SMILES string of the molecule is O=C(O)C(C[P+](=O)OCc1ccccc1)c1cccc2[nH]ccc12. The minimum Gasteiger partial charge on any atom is -0.481 e. The van der Waals surface area contributed by atoms with Gasteiger partial charge in [-0.05, 0) is 27.8 Å². The van der Waals surface area contributed by atoms with Gasteiger partial charge < -0.3 is 10.1 Å². The minimum atomic E-state index is -2.08. The molecule has 5 nitrogen and oxygen atoms in total. The number of hydrogen-bond donors (Lipinski definition) is 2. The van der Waals surface area contributed by atoms with Gasteiger partial charge in [0, 0.05) is 17.1 Å². The summed E-state index contributed by atoms with van der Waals surface area (Å²) in [6, 6.07) is 16.6. The predicted molar refractivity (Wildman–Crippen MR) is 92.4 cm³/mol. The summed E-state index contributed by atoms with van der Waals surface area (Å²) < 4.78 is 17.6. The summed E-state index contributed by atoms with van der Waals surface area (Å²) in [6.07, 6.45) is 1.71. The van der Waals surface area contributed by atoms with Crippen molar-refractivity contribution in [3.63, 3.8) is 0 Å². The van der Waals surface area contributed by atoms with Gasteiger partial charge in [0.05, 0.1) is 0 Å². The first-order valence-corrected chi connectivity index (χ1v) is 8.92. The lowest BCUT2D eigenvalue weighted by molar-refractivity contribution is -0.138. The van der Waals surface area contributed by atoms with Crippen molar-refractivity contribution in [1.82, 2.24) is 4.98 Å². The van der Waals surface area contributed by atoms with Crippen molar-refractivity contribution >= 4 is 24.9 Å². The summed E-state index contributed by atoms with van der Waals surface area (Å²) in [7, 11) is -2.08. The first-order chi connectivity index (χ1) is 11.6. The molecule has 2 atom stereocenters. The molecule has 0 aliphatic heterocycles. The lowest BCUT2D eigenvalue weighted by Gasteiger charge is -2.09. The molecular weight excluding hydrogens is 325 g/mol. The molecule has 3 aromatic rings. The number of aromatic amines is 1. The molecule has 0 radical (unpaired) electrons. The second kappa shape index (κ2) is 7.39. The zero-order valence-corrected chi connectivity index (χ0v) is 13.8. The van der Waals surface area contributed by atoms with E-state index < -0.39 is 19.9 Å². The van der Waals surface area contributed by atoms with Gasteiger partial charge >= 0.3 is 14.0 Å². The Morgan fingerprint density at radius 2 is 1.92 bits per heavy atom. The summed E-state index contributed by atoms with van der Waals surface area (Å²) in [4.78, 5) is 14.7. The Hall–Kier alpha value is -2.49. The molecule has 0 aliphatic carbocycles. The highest BCUT2D eigenvalue weighted by Gasteiger charge is 2.33. The van der Waals surface area contributed by atoms with Gasteiger partial charge in [-0.2, -0.15) is 0 Å². The van der Waals surface area contributed by atoms with Crippen LogP contribution in [0.2, 0.25) is 0 Å². The van der Waals surface area contributed by atoms with Crippen molar-refractivity contribution in [2.75, 3.05) is 6.16 Å². The third-order valence-electron chi connectivity index (χ3n) is 3.85. The Balaban J connectivity index is 1.73. The molecule has 122 valence electrons. The van der Waals surface area contributed by atoms with Crippen LogP contribution in [0.3, 0.4) is 0 Å². The summed E-state index contributed by atoms with van der Waals surface area (Å²) >= 11 is 0. The van der Waals surface area contributed by atoms with E-state index in [1.165, 1.54) is 0 Å². The Morgan fingerprint density at radius 1 is 1.12 bits per heavy atom. The number of carboxylic acids is 1. The average molecular weight is 342 g/mol. The van der Waals surface area contributed by atoms with Gasteiger partial charge in [-0.25, -0.2) is 0 Å². The van der Waals surface area contributed by atoms with Crippen LogP contribution in [0.5, 0.6) is 0 Å². The van der Waals surface area contributed by atoms with Crippen LogP contribution in [0.15, 0.2) is 60.8 Å². The van der Waals surface area contributed by atoms with E-state index in [1.54, 1.807) is 18.3 Å². The molecule has 0 fully saturated rings. The summed E-state index contributed by atoms with van der Waals surface area (Å²) in [5.74, 6) is -1.88. The van der Waals surface area contributed by atoms with Crippen molar-refractivity contribution in [3.05, 3.63) is 71.9 Å². The fourth-order valence-corrected chi connectivity index (χ4v) is 3.70. The average Bonchev–Trinajstić information content (AvgIpc) is 3.07. The van der Waals surface area contributed by atoms with E-state index in [9.17, 15) is 14.5 Å². The van der Waals surface area contributed by atoms with Crippen molar-refractivity contribution < 1.29 is 19.0 Å². The van der Waals surface area contributed by atoms with Crippen molar-refractivity contribution in [2.45, 2.75) is 12.5 Å². The molecule has 0 aliphatic rings. The molecular formula is C18H17NO4P+. The van der Waals surface area contributed by atoms with E-state index in [0.717, 1.165) is 16.5 Å². The third kappa shape index (κ3) is 3.70. The molecule has 0 spiro atoms. The molecule has 1 heterocycles. The second-order valence-corrected chi connectivity index (χ2v) is 6.74. The van der Waals surface area contributed by atoms with E-state index >= 15 is 0 Å². The van der Waals surface area contributed by atoms with E-state index in [4.69, 9.17) is 4.52 Å². The number of carboxylic acid groups (broad SMARTS) is 1. The number of hydrogen-bond acceptors (Lipinski definition) is 3. The van der Waals surface area contributed by atoms with Crippen molar-refractivity contribution in [3.8, 4) is 0 Å². The number of H-pyrrole nitrogens is 1. The van der Waals surface area contributed by atoms with E-state index in [2.05, 4.69) is 4.98 Å². The quantitative estimate of drug-likeness (QED) is 0.628. The van der Waals surface area contributed by atoms with Crippen LogP contribution in [0.25, 0.3) is 10.9 Å². The number of aromatic nitrogens is 1. The zero-order chi connectivity index (χ0) is 16.9. The van der Waals surface area contributed by atoms with Crippen LogP contribution in [0.4, 0.5) is 0 Å². The number of rotatable bonds is 7. The molecule has 6 heteroatoms. The highest BCUT2D eigenvalue weighted by Crippen LogP contribution is 2.35. The van der Waals surface area contributed by atoms with Gasteiger partial charge in [-0.1, -0.05) is 42.5 Å². The Labute approximate surface area is 140 Å². The number of nitrogens with one attached hydrogen (secondary N) is 1. The predicted octanol–water partition coefficient (Wildman–Crippen LogP) is 4.30. The van der Waals surface area contributed by atoms with E-state index in [1.807, 2.05) is 42.5 Å². The molecule has 2 unspecified atom stereocenters. The normalized spacial score (nSPS) is 12.9. The van der Waals surface area contributed by atoms with Gasteiger partial charge in [-0.15, -0.1) is 4.52 Å². The van der Waals surface area contributed by atoms with Crippen LogP contribution in [-0.4, -0.2) is 22.2 Å². The fourth-order valence-electron chi connectivity index (χ4n) is 2.65. The van der Waals surface area contributed by atoms with Crippen LogP contribution >= 0.6 is 8.03 Å². The topological polar surface area (TPSA) is 79.4 Å². The lowest BCUT2D eigenvalue weighted by Crippen LogP contribution is -2.14. The van der Waals surface area contributed by atoms with Crippen molar-refractivity contribution in [2.24, 2.45) is 0 Å². The van der Waals surface area contributed by atoms with Crippen LogP contribution in [0.1, 0.15) is 17.0 Å². The first-order valence-electron chi connectivity index (χ1n) is 7.55. The highest BCUT2D eigenvalue weighted by molar-refractivity contribution is 7.39. The third-order valence-corrected chi connectivity index (χ3v) is 4.93. The van der Waals surface area contributed by atoms with Gasteiger partial charge in [0.1, 0.15) is 12.5 Å². The molecule has 0 bridgehead atoms. The number of benzene rings is 2. The van der Waals surface area contributed by atoms with E-state index in [-0.39, 0.29) is 12.8 Å². The number of aliphatic carboxylic acids is 1. The summed E-state index contributed by atoms with van der Waals surface area (Å²) in [5.41, 5.74) is 2.41. The van der Waals surface area contributed by atoms with Crippen molar-refractivity contribution in [1.29, 1.82) is 0 Å². The maximum atomic E-state index is 12.2. The standard InChI is InChI=1S/C18H16NO4P/c20-18(21)16(14-7-4-8-17-15(14)9-10-19-17)12-24(22)23-11-13-5-2-1-3-6-13/h1-10,16,19H,11-12H2/p+1. The monoisotopic (exact) mass is 342 g/mol. The van der Waals surface area contributed by atoms with Gasteiger partial charge in [0.25, 0.3) is 0 Å². The molecule has 2 aromatic carbocycles. The smallest absolute Gasteiger partial charge is 0.481 e. The summed E-state index contributed by atoms with van der Waals surface area (Å²) in [6.45, 7) is 0.205. The molecule has 0 amide bonds. The van der Waals surface area contributed by atoms with Crippen LogP contribution in [0, 0.1) is 0 Å². The number of carbonyl (C=O) groups is 1. The Morgan fingerprint density at radius 3 is 2.67 bits per heavy atom. The van der Waals surface area contributed by atoms with Gasteiger partial charge in [0.15, 0.2) is 6.16 Å². The summed E-state index contributed by atoms with van der Waals surface area (Å²) in [5, 5.41) is 10.4. The molecule has 3 rings (SSSR count). The van der Waals surface area contributed by atoms with Crippen LogP contribution in [-0.2, 0) is 20.5 Å². The number of fused-ring (bicyclic) bond motifs is 1. The van der Waals surface area contributed by atoms with Crippen LogP contribution < -0.4 is 0 Å². The largest absolute Gasteiger partial charge is 0.509 e. The maximum absolute atomic E-state index is 12.2. The molecule has 2 N–H and O–H groups in total. The Kier molecular flexibility index (Phi) is 5.04.